The van der Waals surface area contributed by atoms with Gasteiger partial charge in [-0.15, -0.1) is 0 Å². The van der Waals surface area contributed by atoms with Gasteiger partial charge in [-0.3, -0.25) is 14.6 Å². The molecule has 2 aliphatic rings. The summed E-state index contributed by atoms with van der Waals surface area (Å²) in [7, 11) is -2.41. The highest BCUT2D eigenvalue weighted by atomic mass is 127. The number of hydrogen-bond acceptors (Lipinski definition) is 8. The molecular weight excluding hydrogens is 839 g/mol. The molecule has 3 unspecified atom stereocenters. The lowest BCUT2D eigenvalue weighted by Gasteiger charge is -2.42. The average Bonchev–Trinajstić information content (AvgIpc) is 3.70. The first-order chi connectivity index (χ1) is 26.1. The number of carbonyl (C=O) groups excluding carboxylic acids is 3. The quantitative estimate of drug-likeness (QED) is 0.0675. The summed E-state index contributed by atoms with van der Waals surface area (Å²) in [6.07, 6.45) is 0.837. The number of fused-ring (bicyclic) bond motifs is 2. The number of aromatic nitrogens is 1. The van der Waals surface area contributed by atoms with E-state index in [0.717, 1.165) is 42.6 Å². The van der Waals surface area contributed by atoms with E-state index in [-0.39, 0.29) is 48.9 Å². The van der Waals surface area contributed by atoms with E-state index < -0.39 is 32.1 Å². The van der Waals surface area contributed by atoms with E-state index in [1.807, 2.05) is 6.07 Å². The molecule has 1 saturated carbocycles. The number of hydrazine groups is 1. The molecule has 0 radical (unpaired) electrons. The van der Waals surface area contributed by atoms with Gasteiger partial charge in [-0.1, -0.05) is 67.5 Å². The van der Waals surface area contributed by atoms with Crippen LogP contribution in [0.25, 0.3) is 22.0 Å². The fourth-order valence-corrected chi connectivity index (χ4v) is 14.6. The number of H-pyrrole nitrogens is 1. The number of rotatable bonds is 15. The van der Waals surface area contributed by atoms with Gasteiger partial charge in [-0.25, -0.2) is 10.2 Å². The summed E-state index contributed by atoms with van der Waals surface area (Å²) in [5, 5.41) is 15.6. The molecule has 0 spiro atoms. The number of nitrogens with one attached hydrogen (secondary N) is 3. The first-order valence-corrected chi connectivity index (χ1v) is 23.3. The van der Waals surface area contributed by atoms with Gasteiger partial charge in [-0.05, 0) is 132 Å². The van der Waals surface area contributed by atoms with Gasteiger partial charge in [-0.2, -0.15) is 0 Å². The van der Waals surface area contributed by atoms with Crippen LogP contribution in [0.5, 0.6) is 5.75 Å². The van der Waals surface area contributed by atoms with Gasteiger partial charge in [0.25, 0.3) is 14.2 Å². The Morgan fingerprint density at radius 3 is 2.23 bits per heavy atom. The summed E-state index contributed by atoms with van der Waals surface area (Å²) < 4.78 is 19.3. The molecule has 2 amide bonds. The Bertz CT molecular complexity index is 1900. The molecule has 1 saturated heterocycles. The number of nitrogens with zero attached hydrogens (tertiary/aromatic N) is 1. The molecule has 4 atom stereocenters. The topological polar surface area (TPSA) is 142 Å². The maximum absolute atomic E-state index is 14.5. The predicted molar refractivity (Wildman–Crippen MR) is 232 cm³/mol. The zero-order valence-corrected chi connectivity index (χ0v) is 38.4. The van der Waals surface area contributed by atoms with E-state index in [9.17, 15) is 19.5 Å². The van der Waals surface area contributed by atoms with Gasteiger partial charge in [0.05, 0.1) is 16.3 Å². The second-order valence-corrected chi connectivity index (χ2v) is 24.9. The number of alkyl carbamates (subject to hydrolysis) is 1. The summed E-state index contributed by atoms with van der Waals surface area (Å²) in [6, 6.07) is 10.8. The minimum atomic E-state index is -2.41. The Kier molecular flexibility index (Phi) is 13.3. The van der Waals surface area contributed by atoms with E-state index in [2.05, 4.69) is 124 Å². The summed E-state index contributed by atoms with van der Waals surface area (Å²) in [4.78, 5) is 44.1. The molecule has 2 aromatic carbocycles. The smallest absolute Gasteiger partial charge is 0.408 e. The lowest BCUT2D eigenvalue weighted by molar-refractivity contribution is -0.148. The van der Waals surface area contributed by atoms with Crippen LogP contribution in [0.1, 0.15) is 101 Å². The maximum atomic E-state index is 14.5. The summed E-state index contributed by atoms with van der Waals surface area (Å²) in [5.74, 6) is -0.0357. The van der Waals surface area contributed by atoms with Crippen molar-refractivity contribution in [1.29, 1.82) is 0 Å². The number of aliphatic hydroxyl groups excluding tert-OH is 1. The van der Waals surface area contributed by atoms with Crippen LogP contribution in [0.4, 0.5) is 4.79 Å². The number of carbonyl (C=O) groups is 3. The SMILES string of the molecule is CCOC(=O)C1NN(C(=O)[C@H](Cc2cc(O[Si](C(C)C)(C(C)C)C(C)C)cc(-c3ccc4[nH]c(I)c(CC(C)(C)CO)c4c3)c2)NC(=O)OC(C)(C)C)C2CC12. The molecule has 56 heavy (non-hydrogen) atoms. The molecule has 1 aliphatic carbocycles. The van der Waals surface area contributed by atoms with Crippen molar-refractivity contribution in [2.75, 3.05) is 13.2 Å². The fourth-order valence-electron chi connectivity index (χ4n) is 8.60. The van der Waals surface area contributed by atoms with E-state index >= 15 is 0 Å². The van der Waals surface area contributed by atoms with Crippen molar-refractivity contribution >= 4 is 59.8 Å². The molecule has 13 heteroatoms. The summed E-state index contributed by atoms with van der Waals surface area (Å²) >= 11 is 2.34. The van der Waals surface area contributed by atoms with Crippen LogP contribution in [0.2, 0.25) is 16.6 Å². The second-order valence-electron chi connectivity index (χ2n) is 18.4. The highest BCUT2D eigenvalue weighted by Crippen LogP contribution is 2.45. The van der Waals surface area contributed by atoms with Gasteiger partial charge >= 0.3 is 12.1 Å². The Labute approximate surface area is 347 Å². The first-order valence-electron chi connectivity index (χ1n) is 20.1. The summed E-state index contributed by atoms with van der Waals surface area (Å²) in [5.41, 5.74) is 7.90. The molecular formula is C43H63IN4O7Si. The zero-order chi connectivity index (χ0) is 41.5. The van der Waals surface area contributed by atoms with Crippen molar-refractivity contribution in [3.8, 4) is 16.9 Å². The van der Waals surface area contributed by atoms with Crippen LogP contribution in [0.3, 0.4) is 0 Å². The van der Waals surface area contributed by atoms with Crippen molar-refractivity contribution in [3.05, 3.63) is 51.2 Å². The number of amides is 2. The Morgan fingerprint density at radius 2 is 1.64 bits per heavy atom. The molecule has 11 nitrogen and oxygen atoms in total. The molecule has 2 heterocycles. The summed E-state index contributed by atoms with van der Waals surface area (Å²) in [6.45, 7) is 25.1. The van der Waals surface area contributed by atoms with Crippen molar-refractivity contribution in [3.63, 3.8) is 0 Å². The number of ether oxygens (including phenoxy) is 2. The van der Waals surface area contributed by atoms with Crippen LogP contribution in [-0.2, 0) is 31.9 Å². The van der Waals surface area contributed by atoms with Gasteiger partial charge in [0.1, 0.15) is 23.4 Å². The Morgan fingerprint density at radius 1 is 0.982 bits per heavy atom. The normalized spacial score (nSPS) is 19.1. The lowest BCUT2D eigenvalue weighted by atomic mass is 9.86. The van der Waals surface area contributed by atoms with Crippen molar-refractivity contribution in [2.24, 2.45) is 11.3 Å². The number of esters is 1. The fraction of sp³-hybridized carbons (Fsp3) is 0.605. The van der Waals surface area contributed by atoms with Crippen molar-refractivity contribution < 1.29 is 33.4 Å². The predicted octanol–water partition coefficient (Wildman–Crippen LogP) is 8.66. The van der Waals surface area contributed by atoms with Crippen LogP contribution >= 0.6 is 22.6 Å². The highest BCUT2D eigenvalue weighted by Gasteiger charge is 2.59. The second kappa shape index (κ2) is 17.0. The average molecular weight is 903 g/mol. The largest absolute Gasteiger partial charge is 0.543 e. The lowest BCUT2D eigenvalue weighted by Crippen LogP contribution is -2.55. The first kappa shape index (κ1) is 44.0. The molecule has 0 bridgehead atoms. The van der Waals surface area contributed by atoms with Crippen LogP contribution in [0.15, 0.2) is 36.4 Å². The molecule has 5 rings (SSSR count). The van der Waals surface area contributed by atoms with E-state index in [4.69, 9.17) is 13.9 Å². The van der Waals surface area contributed by atoms with E-state index in [1.54, 1.807) is 27.7 Å². The number of aliphatic hydroxyl groups is 1. The number of aromatic amines is 1. The zero-order valence-electron chi connectivity index (χ0n) is 35.3. The van der Waals surface area contributed by atoms with E-state index in [1.165, 1.54) is 5.01 Å². The van der Waals surface area contributed by atoms with E-state index in [0.29, 0.717) is 29.5 Å². The molecule has 3 aromatic rings. The highest BCUT2D eigenvalue weighted by molar-refractivity contribution is 14.1. The minimum absolute atomic E-state index is 0.0380. The third-order valence-corrected chi connectivity index (χ3v) is 18.2. The maximum Gasteiger partial charge on any atom is 0.408 e. The van der Waals surface area contributed by atoms with Crippen LogP contribution in [0, 0.1) is 15.0 Å². The molecule has 2 fully saturated rings. The third-order valence-electron chi connectivity index (χ3n) is 11.3. The molecule has 308 valence electrons. The van der Waals surface area contributed by atoms with Crippen LogP contribution in [-0.4, -0.2) is 78.3 Å². The van der Waals surface area contributed by atoms with Crippen LogP contribution < -0.4 is 15.2 Å². The Balaban J connectivity index is 1.61. The monoisotopic (exact) mass is 902 g/mol. The van der Waals surface area contributed by atoms with Crippen molar-refractivity contribution in [1.82, 2.24) is 20.7 Å². The molecule has 4 N–H and O–H groups in total. The number of halogens is 1. The number of benzene rings is 2. The van der Waals surface area contributed by atoms with Gasteiger partial charge in [0.2, 0.25) is 0 Å². The number of hydrogen-bond donors (Lipinski definition) is 4. The third kappa shape index (κ3) is 9.58. The van der Waals surface area contributed by atoms with Gasteiger partial charge < -0.3 is 29.3 Å². The van der Waals surface area contributed by atoms with Crippen molar-refractivity contribution in [2.45, 2.75) is 143 Å². The van der Waals surface area contributed by atoms with Gasteiger partial charge in [0, 0.05) is 29.8 Å². The minimum Gasteiger partial charge on any atom is -0.543 e. The Hall–Kier alpha value is -3.14. The molecule has 1 aliphatic heterocycles. The standard InChI is InChI=1S/C43H63IN4O7Si/c1-13-53-40(51)37-32-21-36(32)48(47-37)39(50)35(46-41(52)54-42(8,9)10)18-27-16-29(19-30(17-27)55-56(24(2)3,25(4)5)26(6)7)28-14-15-34-31(20-28)33(38(44)45-34)22-43(11,12)23-49/h14-17,19-20,24-26,32,35-37,45,47,49H,13,18,21-23H2,1-12H3,(H,46,52)/t32?,35-,36?,37?/m0/s1. The molecule has 1 aromatic heterocycles. The van der Waals surface area contributed by atoms with Gasteiger partial charge in [0.15, 0.2) is 0 Å².